The van der Waals surface area contributed by atoms with Crippen molar-refractivity contribution < 1.29 is 147 Å². The minimum absolute atomic E-state index is 0.0199. The molecule has 0 aliphatic heterocycles. The van der Waals surface area contributed by atoms with Gasteiger partial charge in [0.15, 0.2) is 17.7 Å². The Morgan fingerprint density at radius 3 is 1.38 bits per heavy atom. The lowest BCUT2D eigenvalue weighted by Crippen LogP contribution is -2.35. The second-order valence-electron chi connectivity index (χ2n) is 25.3. The number of aliphatic carboxylic acids is 3. The van der Waals surface area contributed by atoms with E-state index in [-0.39, 0.29) is 87.7 Å². The molecule has 19 nitrogen and oxygen atoms in total. The predicted molar refractivity (Wildman–Crippen MR) is 359 cm³/mol. The van der Waals surface area contributed by atoms with E-state index in [1.54, 1.807) is 18.2 Å². The average Bonchev–Trinajstić information content (AvgIpc) is 0.801. The van der Waals surface area contributed by atoms with Crippen LogP contribution >= 0.6 is 0 Å². The molecule has 0 spiro atoms. The number of Topliss-reactive ketones (excluding diaryl/α,β-unsaturated/α-hetero) is 3. The van der Waals surface area contributed by atoms with E-state index in [9.17, 15) is 94.3 Å². The van der Waals surface area contributed by atoms with Crippen LogP contribution in [-0.2, 0) is 75.9 Å². The summed E-state index contributed by atoms with van der Waals surface area (Å²) in [4.78, 5) is 63.9. The molecule has 0 heterocycles. The highest BCUT2D eigenvalue weighted by Crippen LogP contribution is 2.39. The molecule has 3 fully saturated rings. The Morgan fingerprint density at radius 2 is 0.942 bits per heavy atom. The fourth-order valence-electron chi connectivity index (χ4n) is 11.0. The molecule has 0 saturated heterocycles. The number of halogens is 13. The molecule has 6 rings (SSSR count). The topological polar surface area (TPSA) is 271 Å². The Kier molecular flexibility index (Phi) is 45.6. The van der Waals surface area contributed by atoms with Gasteiger partial charge in [-0.1, -0.05) is 44.9 Å². The zero-order valence-electron chi connectivity index (χ0n) is 59.3. The number of hydrogen-bond donors (Lipinski definition) is 3. The minimum atomic E-state index is -6.19. The number of carbonyl (C=O) groups is 6. The van der Waals surface area contributed by atoms with Gasteiger partial charge in [0.25, 0.3) is 0 Å². The standard InChI is InChI=1S/C17H31FO2Si.C11H13F5O6S.C11H16F2O2.C11H17FO2.C10H14F2O4.C10H12F2O3/c1-5-14-19-15-10-9-11-17(16(18)13-12-15)20-21(6-2,7-3)8-4;12-10(13)5-4-7(21-6-9(17)18)2-1-3-8(10)22-23(19,20)11(14,15)16;1-2-8-15-9-4-3-5-10(14)11(12,13)7-6-9;1-2-8-14-9-4-3-5-11(13)10(12)7-6-9;11-10(12)5-4-7(16-6-9(14)15)2-1-3-8(10)13;11-10(12)5-2-1-3-8(4-6-10)15-7-9(13)14/h5,15H,1,6-14H2,2-4H3;3,7H,1-2,4-6H2,(H,17,18);2,9H,1,3-8H2;2,9-10H,1,3-8H2;7H,1-6H2,(H,14,15);8H,1,3-4,6-7H2,(H,13,14)/b17-16-;8-3+;;;;/t;;;9-,10+;;/m...0../s1. The summed E-state index contributed by atoms with van der Waals surface area (Å²) >= 11 is 0. The summed E-state index contributed by atoms with van der Waals surface area (Å²) in [6.45, 7) is 17.1. The number of ether oxygens (including phenoxy) is 6. The average molecular weight is 1560 g/mol. The minimum Gasteiger partial charge on any atom is -0.545 e. The van der Waals surface area contributed by atoms with E-state index in [0.29, 0.717) is 102 Å². The van der Waals surface area contributed by atoms with Gasteiger partial charge in [0.2, 0.25) is 19.9 Å². The highest BCUT2D eigenvalue weighted by molar-refractivity contribution is 7.87. The lowest BCUT2D eigenvalue weighted by molar-refractivity contribution is -0.150. The van der Waals surface area contributed by atoms with Crippen LogP contribution in [0.15, 0.2) is 61.4 Å². The molecule has 598 valence electrons. The summed E-state index contributed by atoms with van der Waals surface area (Å²) in [7, 11) is -7.95. The lowest BCUT2D eigenvalue weighted by atomic mass is 9.95. The van der Waals surface area contributed by atoms with Crippen LogP contribution in [0.25, 0.3) is 0 Å². The summed E-state index contributed by atoms with van der Waals surface area (Å²) in [6, 6.07) is 3.17. The van der Waals surface area contributed by atoms with E-state index in [1.807, 2.05) is 5.92 Å². The number of carboxylic acids is 3. The second kappa shape index (κ2) is 49.3. The highest BCUT2D eigenvalue weighted by atomic mass is 32.2. The Labute approximate surface area is 601 Å². The van der Waals surface area contributed by atoms with E-state index >= 15 is 0 Å². The van der Waals surface area contributed by atoms with Gasteiger partial charge >= 0.3 is 57.2 Å². The van der Waals surface area contributed by atoms with Gasteiger partial charge in [0.1, 0.15) is 31.4 Å². The van der Waals surface area contributed by atoms with Crippen molar-refractivity contribution in [3.05, 3.63) is 61.4 Å². The number of alkyl halides is 12. The molecule has 7 atom stereocenters. The van der Waals surface area contributed by atoms with Crippen molar-refractivity contribution in [3.63, 3.8) is 0 Å². The molecule has 0 bridgehead atoms. The van der Waals surface area contributed by atoms with Crippen LogP contribution in [0.5, 0.6) is 0 Å². The maximum absolute atomic E-state index is 14.4. The molecular weight excluding hydrogens is 1450 g/mol. The SMILES string of the molecule is C=CCOC1CCC/C(O[Si](CC)(CC)CC)=C(/F)CC1.C=CCOC1CCCC(=O)C(F)(F)CC1.C=CCO[C@H]1CCCC(=O)[C@H](F)CC1.O=C(O)COC1CC/C=C(/OS(=O)(=O)C(F)(F)F)C(F)(F)CC1.O=C(O)COC1CCC#CC(F)(F)CC1.O=C(O)COC1CCCC(=O)C(F)(F)CC1. The van der Waals surface area contributed by atoms with E-state index in [2.05, 4.69) is 50.6 Å². The van der Waals surface area contributed by atoms with Crippen molar-refractivity contribution in [1.29, 1.82) is 0 Å². The number of ketones is 3. The fourth-order valence-corrected chi connectivity index (χ4v) is 14.2. The van der Waals surface area contributed by atoms with Gasteiger partial charge in [0, 0.05) is 64.2 Å². The molecule has 0 amide bonds. The smallest absolute Gasteiger partial charge is 0.534 e. The summed E-state index contributed by atoms with van der Waals surface area (Å²) in [5.74, 6) is -15.8. The quantitative estimate of drug-likeness (QED) is 0.0191. The van der Waals surface area contributed by atoms with Gasteiger partial charge in [-0.25, -0.2) is 23.2 Å². The number of carboxylic acid groups (broad SMARTS) is 3. The summed E-state index contributed by atoms with van der Waals surface area (Å²) in [5, 5.41) is 25.2. The summed E-state index contributed by atoms with van der Waals surface area (Å²) in [5.41, 5.74) is -5.82. The Balaban J connectivity index is 0.000000630. The van der Waals surface area contributed by atoms with E-state index < -0.39 is 146 Å². The normalized spacial score (nSPS) is 25.8. The van der Waals surface area contributed by atoms with Crippen molar-refractivity contribution in [1.82, 2.24) is 0 Å². The van der Waals surface area contributed by atoms with Gasteiger partial charge < -0.3 is 52.3 Å². The van der Waals surface area contributed by atoms with Crippen LogP contribution < -0.4 is 0 Å². The molecule has 6 aliphatic rings. The van der Waals surface area contributed by atoms with Crippen LogP contribution in [0.4, 0.5) is 57.1 Å². The van der Waals surface area contributed by atoms with Crippen molar-refractivity contribution in [2.45, 2.75) is 291 Å². The van der Waals surface area contributed by atoms with Crippen molar-refractivity contribution in [2.75, 3.05) is 39.6 Å². The monoisotopic (exact) mass is 1550 g/mol. The second-order valence-corrected chi connectivity index (χ2v) is 31.5. The third-order valence-electron chi connectivity index (χ3n) is 17.2. The Hall–Kier alpha value is -5.70. The first-order valence-corrected chi connectivity index (χ1v) is 38.8. The van der Waals surface area contributed by atoms with Crippen LogP contribution in [0.3, 0.4) is 0 Å². The zero-order valence-corrected chi connectivity index (χ0v) is 61.1. The first kappa shape index (κ1) is 96.3. The largest absolute Gasteiger partial charge is 0.545 e. The van der Waals surface area contributed by atoms with Crippen LogP contribution in [0.2, 0.25) is 18.1 Å². The zero-order chi connectivity index (χ0) is 78.8. The van der Waals surface area contributed by atoms with Crippen LogP contribution in [0.1, 0.15) is 201 Å². The van der Waals surface area contributed by atoms with Crippen LogP contribution in [0, 0.1) is 11.8 Å². The lowest BCUT2D eigenvalue weighted by Gasteiger charge is -2.32. The molecule has 0 aromatic carbocycles. The van der Waals surface area contributed by atoms with Crippen molar-refractivity contribution in [3.8, 4) is 11.8 Å². The number of hydrogen-bond acceptors (Lipinski definition) is 16. The molecule has 0 aromatic heterocycles. The number of rotatable bonds is 25. The predicted octanol–water partition coefficient (Wildman–Crippen LogP) is 16.6. The first-order chi connectivity index (χ1) is 48.7. The van der Waals surface area contributed by atoms with Gasteiger partial charge in [0.05, 0.1) is 56.4 Å². The molecule has 6 aliphatic carbocycles. The molecule has 3 N–H and O–H groups in total. The molecule has 3 saturated carbocycles. The van der Waals surface area contributed by atoms with Gasteiger partial charge in [-0.2, -0.15) is 56.7 Å². The molecule has 5 unspecified atom stereocenters. The summed E-state index contributed by atoms with van der Waals surface area (Å²) in [6.07, 6.45) is 9.34. The van der Waals surface area contributed by atoms with Crippen molar-refractivity contribution >= 4 is 53.7 Å². The molecule has 0 aromatic rings. The van der Waals surface area contributed by atoms with Gasteiger partial charge in [-0.15, -0.1) is 19.7 Å². The first-order valence-electron chi connectivity index (χ1n) is 34.9. The Morgan fingerprint density at radius 1 is 0.548 bits per heavy atom. The summed E-state index contributed by atoms with van der Waals surface area (Å²) < 4.78 is 233. The van der Waals surface area contributed by atoms with Gasteiger partial charge in [-0.3, -0.25) is 14.4 Å². The Bertz CT molecular complexity index is 2890. The van der Waals surface area contributed by atoms with Crippen molar-refractivity contribution in [2.24, 2.45) is 0 Å². The maximum Gasteiger partial charge on any atom is 0.534 e. The molecule has 104 heavy (non-hydrogen) atoms. The number of allylic oxidation sites excluding steroid dienone is 4. The van der Waals surface area contributed by atoms with E-state index in [0.717, 1.165) is 50.2 Å². The van der Waals surface area contributed by atoms with E-state index in [1.165, 1.54) is 0 Å². The van der Waals surface area contributed by atoms with E-state index in [4.69, 9.17) is 48.2 Å². The van der Waals surface area contributed by atoms with Crippen LogP contribution in [-0.4, -0.2) is 179 Å². The molecule has 34 heteroatoms. The third-order valence-corrected chi connectivity index (χ3v) is 22.7. The highest BCUT2D eigenvalue weighted by Gasteiger charge is 2.52. The maximum atomic E-state index is 14.4. The molecular formula is C70H103F13O19SSi. The van der Waals surface area contributed by atoms with Gasteiger partial charge in [-0.05, 0) is 146 Å². The molecule has 0 radical (unpaired) electrons. The number of carbonyl (C=O) groups excluding carboxylic acids is 3. The third kappa shape index (κ3) is 40.3. The fraction of sp³-hybridized carbons (Fsp3) is 0.743.